The number of aldehydes is 1. The van der Waals surface area contributed by atoms with Gasteiger partial charge in [-0.05, 0) is 41.8 Å². The summed E-state index contributed by atoms with van der Waals surface area (Å²) in [7, 11) is 0. The molecule has 0 fully saturated rings. The van der Waals surface area contributed by atoms with E-state index < -0.39 is 29.0 Å². The van der Waals surface area contributed by atoms with Gasteiger partial charge in [-0.3, -0.25) is 4.79 Å². The zero-order valence-corrected chi connectivity index (χ0v) is 11.5. The molecule has 2 aromatic rings. The number of carbonyl (C=O) groups is 1. The van der Waals surface area contributed by atoms with Crippen LogP contribution in [-0.4, -0.2) is 6.29 Å². The summed E-state index contributed by atoms with van der Waals surface area (Å²) in [5.41, 5.74) is -2.20. The van der Waals surface area contributed by atoms with Gasteiger partial charge in [0.1, 0.15) is 6.29 Å². The largest absolute Gasteiger partial charge is 0.416 e. The molecule has 0 N–H and O–H groups in total. The third-order valence-corrected chi connectivity index (χ3v) is 3.22. The molecule has 0 radical (unpaired) electrons. The second-order valence-corrected chi connectivity index (χ2v) is 4.91. The summed E-state index contributed by atoms with van der Waals surface area (Å²) >= 11 is 0. The maximum absolute atomic E-state index is 13.0. The van der Waals surface area contributed by atoms with Gasteiger partial charge in [0, 0.05) is 5.56 Å². The number of hydrogen-bond acceptors (Lipinski definition) is 1. The normalized spacial score (nSPS) is 12.3. The van der Waals surface area contributed by atoms with Gasteiger partial charge in [-0.1, -0.05) is 18.2 Å². The van der Waals surface area contributed by atoms with Gasteiger partial charge >= 0.3 is 12.4 Å². The molecule has 0 saturated heterocycles. The number of carbonyl (C=O) groups excluding carboxylic acids is 1. The number of benzene rings is 2. The molecule has 0 heterocycles. The zero-order valence-electron chi connectivity index (χ0n) is 11.5. The van der Waals surface area contributed by atoms with Crippen LogP contribution >= 0.6 is 0 Å². The minimum Gasteiger partial charge on any atom is -0.298 e. The van der Waals surface area contributed by atoms with E-state index in [1.54, 1.807) is 0 Å². The van der Waals surface area contributed by atoms with Crippen LogP contribution in [0.4, 0.5) is 26.3 Å². The summed E-state index contributed by atoms with van der Waals surface area (Å²) in [4.78, 5) is 10.7. The highest BCUT2D eigenvalue weighted by Crippen LogP contribution is 2.37. The predicted molar refractivity (Wildman–Crippen MR) is 71.1 cm³/mol. The van der Waals surface area contributed by atoms with Crippen LogP contribution in [0.15, 0.2) is 42.5 Å². The third-order valence-electron chi connectivity index (χ3n) is 3.22. The molecule has 0 amide bonds. The lowest BCUT2D eigenvalue weighted by atomic mass is 9.96. The fraction of sp³-hybridized carbons (Fsp3) is 0.188. The predicted octanol–water partition coefficient (Wildman–Crippen LogP) is 5.13. The average molecular weight is 332 g/mol. The summed E-state index contributed by atoms with van der Waals surface area (Å²) in [5, 5.41) is 0. The maximum atomic E-state index is 13.0. The summed E-state index contributed by atoms with van der Waals surface area (Å²) in [6.07, 6.45) is -9.34. The average Bonchev–Trinajstić information content (AvgIpc) is 2.45. The summed E-state index contributed by atoms with van der Waals surface area (Å²) < 4.78 is 77.1. The molecule has 2 aromatic carbocycles. The molecular formula is C16H10F6O. The van der Waals surface area contributed by atoms with Crippen LogP contribution in [0.5, 0.6) is 0 Å². The first-order valence-corrected chi connectivity index (χ1v) is 6.42. The van der Waals surface area contributed by atoms with Gasteiger partial charge in [-0.25, -0.2) is 0 Å². The molecule has 1 nitrogen and oxygen atoms in total. The van der Waals surface area contributed by atoms with Gasteiger partial charge in [0.05, 0.1) is 11.1 Å². The number of rotatable bonds is 3. The highest BCUT2D eigenvalue weighted by atomic mass is 19.4. The molecule has 0 saturated carbocycles. The Balaban J connectivity index is 2.50. The number of halogens is 6. The molecule has 0 spiro atoms. The van der Waals surface area contributed by atoms with Gasteiger partial charge in [0.2, 0.25) is 0 Å². The molecule has 0 atom stereocenters. The van der Waals surface area contributed by atoms with Crippen LogP contribution in [0.2, 0.25) is 0 Å². The first-order chi connectivity index (χ1) is 10.6. The van der Waals surface area contributed by atoms with Crippen LogP contribution in [0, 0.1) is 0 Å². The number of alkyl halides is 6. The van der Waals surface area contributed by atoms with Crippen molar-refractivity contribution in [1.29, 1.82) is 0 Å². The van der Waals surface area contributed by atoms with Gasteiger partial charge in [-0.15, -0.1) is 0 Å². The van der Waals surface area contributed by atoms with Gasteiger partial charge in [0.25, 0.3) is 0 Å². The van der Waals surface area contributed by atoms with E-state index in [9.17, 15) is 31.1 Å². The minimum atomic E-state index is -4.76. The lowest BCUT2D eigenvalue weighted by Gasteiger charge is -2.16. The Morgan fingerprint density at radius 1 is 0.870 bits per heavy atom. The molecule has 0 aliphatic heterocycles. The number of hydrogen-bond donors (Lipinski definition) is 0. The maximum Gasteiger partial charge on any atom is 0.416 e. The van der Waals surface area contributed by atoms with Crippen molar-refractivity contribution in [3.05, 3.63) is 70.3 Å². The van der Waals surface area contributed by atoms with Gasteiger partial charge in [0.15, 0.2) is 0 Å². The SMILES string of the molecule is O=Cc1cccc(Cc2cc(C(F)(F)F)ccc2C(F)(F)F)c1. The molecule has 7 heteroatoms. The lowest BCUT2D eigenvalue weighted by molar-refractivity contribution is -0.141. The van der Waals surface area contributed by atoms with Gasteiger partial charge in [-0.2, -0.15) is 26.3 Å². The van der Waals surface area contributed by atoms with E-state index in [2.05, 4.69) is 0 Å². The Bertz CT molecular complexity index is 715. The van der Waals surface area contributed by atoms with Crippen LogP contribution in [0.1, 0.15) is 32.6 Å². The van der Waals surface area contributed by atoms with Crippen molar-refractivity contribution in [3.63, 3.8) is 0 Å². The van der Waals surface area contributed by atoms with Gasteiger partial charge < -0.3 is 0 Å². The highest BCUT2D eigenvalue weighted by Gasteiger charge is 2.36. The van der Waals surface area contributed by atoms with Crippen LogP contribution < -0.4 is 0 Å². The van der Waals surface area contributed by atoms with Crippen molar-refractivity contribution in [1.82, 2.24) is 0 Å². The molecule has 0 unspecified atom stereocenters. The molecule has 2 rings (SSSR count). The molecule has 122 valence electrons. The van der Waals surface area contributed by atoms with Crippen molar-refractivity contribution in [3.8, 4) is 0 Å². The topological polar surface area (TPSA) is 17.1 Å². The third kappa shape index (κ3) is 4.12. The Hall–Kier alpha value is -2.31. The molecular weight excluding hydrogens is 322 g/mol. The highest BCUT2D eigenvalue weighted by molar-refractivity contribution is 5.75. The Labute approximate surface area is 127 Å². The van der Waals surface area contributed by atoms with E-state index in [0.29, 0.717) is 30.0 Å². The van der Waals surface area contributed by atoms with E-state index in [1.165, 1.54) is 24.3 Å². The minimum absolute atomic E-state index is 0.239. The smallest absolute Gasteiger partial charge is 0.298 e. The van der Waals surface area contributed by atoms with E-state index in [1.807, 2.05) is 0 Å². The fourth-order valence-corrected chi connectivity index (χ4v) is 2.19. The molecule has 0 aromatic heterocycles. The molecule has 23 heavy (non-hydrogen) atoms. The monoisotopic (exact) mass is 332 g/mol. The Kier molecular flexibility index (Phi) is 4.49. The van der Waals surface area contributed by atoms with E-state index in [0.717, 1.165) is 0 Å². The first kappa shape index (κ1) is 17.1. The van der Waals surface area contributed by atoms with Crippen molar-refractivity contribution >= 4 is 6.29 Å². The standard InChI is InChI=1S/C16H10F6O/c17-15(18,19)13-4-5-14(16(20,21)22)12(8-13)7-10-2-1-3-11(6-10)9-23/h1-6,8-9H,7H2. The molecule has 0 aliphatic rings. The second-order valence-electron chi connectivity index (χ2n) is 4.91. The van der Waals surface area contributed by atoms with Crippen molar-refractivity contribution < 1.29 is 31.1 Å². The molecule has 0 bridgehead atoms. The molecule has 0 aliphatic carbocycles. The Morgan fingerprint density at radius 3 is 2.13 bits per heavy atom. The van der Waals surface area contributed by atoms with E-state index in [-0.39, 0.29) is 12.0 Å². The van der Waals surface area contributed by atoms with Crippen LogP contribution in [0.3, 0.4) is 0 Å². The van der Waals surface area contributed by atoms with Crippen LogP contribution in [-0.2, 0) is 18.8 Å². The van der Waals surface area contributed by atoms with Crippen molar-refractivity contribution in [2.75, 3.05) is 0 Å². The second kappa shape index (κ2) is 6.06. The quantitative estimate of drug-likeness (QED) is 0.563. The zero-order chi connectivity index (χ0) is 17.3. The summed E-state index contributed by atoms with van der Waals surface area (Å²) in [5.74, 6) is 0. The van der Waals surface area contributed by atoms with E-state index in [4.69, 9.17) is 0 Å². The van der Waals surface area contributed by atoms with E-state index >= 15 is 0 Å². The lowest BCUT2D eigenvalue weighted by Crippen LogP contribution is -2.13. The first-order valence-electron chi connectivity index (χ1n) is 6.42. The Morgan fingerprint density at radius 2 is 1.57 bits per heavy atom. The van der Waals surface area contributed by atoms with Crippen molar-refractivity contribution in [2.24, 2.45) is 0 Å². The fourth-order valence-electron chi connectivity index (χ4n) is 2.19. The van der Waals surface area contributed by atoms with Crippen molar-refractivity contribution in [2.45, 2.75) is 18.8 Å². The van der Waals surface area contributed by atoms with Crippen LogP contribution in [0.25, 0.3) is 0 Å². The summed E-state index contributed by atoms with van der Waals surface area (Å²) in [6, 6.07) is 7.04. The summed E-state index contributed by atoms with van der Waals surface area (Å²) in [6.45, 7) is 0.